The van der Waals surface area contributed by atoms with Crippen molar-refractivity contribution < 1.29 is 4.79 Å². The second kappa shape index (κ2) is 9.07. The van der Waals surface area contributed by atoms with Crippen molar-refractivity contribution in [1.29, 1.82) is 0 Å². The topological polar surface area (TPSA) is 20.3 Å². The van der Waals surface area contributed by atoms with Gasteiger partial charge in [0.1, 0.15) is 0 Å². The molecule has 3 heteroatoms. The van der Waals surface area contributed by atoms with Crippen LogP contribution in [-0.4, -0.2) is 10.9 Å². The Morgan fingerprint density at radius 1 is 0.808 bits per heavy atom. The zero-order chi connectivity index (χ0) is 18.2. The van der Waals surface area contributed by atoms with Crippen LogP contribution in [0, 0.1) is 0 Å². The van der Waals surface area contributed by atoms with Gasteiger partial charge in [-0.05, 0) is 42.0 Å². The molecule has 2 nitrogen and oxygen atoms in total. The maximum Gasteiger partial charge on any atom is 0.186 e. The number of carbonyl (C=O) groups is 1. The Kier molecular flexibility index (Phi) is 6.29. The van der Waals surface area contributed by atoms with E-state index in [2.05, 4.69) is 83.8 Å². The molecule has 3 aromatic carbocycles. The van der Waals surface area contributed by atoms with Crippen molar-refractivity contribution in [2.45, 2.75) is 6.92 Å². The second-order valence-corrected chi connectivity index (χ2v) is 7.00. The third-order valence-corrected chi connectivity index (χ3v) is 4.64. The highest BCUT2D eigenvalue weighted by Crippen LogP contribution is 2.34. The Balaban J connectivity index is 1.85. The predicted molar refractivity (Wildman–Crippen MR) is 113 cm³/mol. The molecular weight excluding hydrogens is 338 g/mol. The lowest BCUT2D eigenvalue weighted by molar-refractivity contribution is -0.109. The van der Waals surface area contributed by atoms with Crippen LogP contribution in [0.2, 0.25) is 0 Å². The standard InChI is InChI=1S/C23H21NOS/c1-19(25)26-18-8-9-20-14-16-23(17-15-20)24(21-10-4-2-5-11-21)22-12-6-3-7-13-22/h2-17H,18H2,1H3. The molecule has 3 rings (SSSR count). The van der Waals surface area contributed by atoms with Gasteiger partial charge < -0.3 is 4.90 Å². The number of benzene rings is 3. The van der Waals surface area contributed by atoms with Gasteiger partial charge in [-0.25, -0.2) is 0 Å². The second-order valence-electron chi connectivity index (χ2n) is 5.80. The molecule has 0 saturated carbocycles. The number of hydrogen-bond donors (Lipinski definition) is 0. The van der Waals surface area contributed by atoms with Gasteiger partial charge in [-0.15, -0.1) is 0 Å². The molecule has 0 aliphatic carbocycles. The van der Waals surface area contributed by atoms with Crippen molar-refractivity contribution in [2.24, 2.45) is 0 Å². The molecule has 0 radical (unpaired) electrons. The lowest BCUT2D eigenvalue weighted by Gasteiger charge is -2.25. The first kappa shape index (κ1) is 18.0. The lowest BCUT2D eigenvalue weighted by atomic mass is 10.1. The van der Waals surface area contributed by atoms with Gasteiger partial charge >= 0.3 is 0 Å². The number of para-hydroxylation sites is 2. The molecule has 3 aromatic rings. The van der Waals surface area contributed by atoms with Crippen LogP contribution in [0.3, 0.4) is 0 Å². The van der Waals surface area contributed by atoms with Crippen LogP contribution in [0.15, 0.2) is 91.0 Å². The fourth-order valence-corrected chi connectivity index (χ4v) is 3.11. The molecule has 0 bridgehead atoms. The summed E-state index contributed by atoms with van der Waals surface area (Å²) in [5, 5.41) is 0.145. The first-order chi connectivity index (χ1) is 12.7. The summed E-state index contributed by atoms with van der Waals surface area (Å²) in [6, 6.07) is 29.1. The van der Waals surface area contributed by atoms with E-state index in [-0.39, 0.29) is 5.12 Å². The van der Waals surface area contributed by atoms with Gasteiger partial charge in [-0.1, -0.05) is 72.4 Å². The average Bonchev–Trinajstić information content (AvgIpc) is 2.68. The number of nitrogens with zero attached hydrogens (tertiary/aromatic N) is 1. The monoisotopic (exact) mass is 359 g/mol. The Morgan fingerprint density at radius 2 is 1.31 bits per heavy atom. The molecule has 0 atom stereocenters. The summed E-state index contributed by atoms with van der Waals surface area (Å²) in [4.78, 5) is 13.2. The number of rotatable bonds is 6. The summed E-state index contributed by atoms with van der Waals surface area (Å²) in [6.45, 7) is 1.59. The largest absolute Gasteiger partial charge is 0.311 e. The molecule has 0 saturated heterocycles. The van der Waals surface area contributed by atoms with E-state index in [1.165, 1.54) is 11.8 Å². The van der Waals surface area contributed by atoms with Crippen molar-refractivity contribution in [1.82, 2.24) is 0 Å². The van der Waals surface area contributed by atoms with Crippen LogP contribution in [0.1, 0.15) is 12.5 Å². The fraction of sp³-hybridized carbons (Fsp3) is 0.0870. The number of hydrogen-bond acceptors (Lipinski definition) is 3. The molecule has 0 fully saturated rings. The normalized spacial score (nSPS) is 10.8. The Bertz CT molecular complexity index is 818. The van der Waals surface area contributed by atoms with Gasteiger partial charge in [-0.3, -0.25) is 4.79 Å². The molecule has 0 N–H and O–H groups in total. The molecule has 0 aliphatic rings. The third kappa shape index (κ3) is 4.87. The van der Waals surface area contributed by atoms with E-state index < -0.39 is 0 Å². The first-order valence-corrected chi connectivity index (χ1v) is 9.53. The molecule has 0 amide bonds. The van der Waals surface area contributed by atoms with Gasteiger partial charge in [0, 0.05) is 29.7 Å². The van der Waals surface area contributed by atoms with Crippen LogP contribution in [0.4, 0.5) is 17.1 Å². The van der Waals surface area contributed by atoms with Crippen molar-refractivity contribution in [3.8, 4) is 0 Å². The molecule has 0 spiro atoms. The molecule has 0 unspecified atom stereocenters. The minimum atomic E-state index is 0.145. The summed E-state index contributed by atoms with van der Waals surface area (Å²) in [5.41, 5.74) is 4.48. The number of carbonyl (C=O) groups excluding carboxylic acids is 1. The predicted octanol–water partition coefficient (Wildman–Crippen LogP) is 6.45. The van der Waals surface area contributed by atoms with E-state index in [9.17, 15) is 4.79 Å². The van der Waals surface area contributed by atoms with Gasteiger partial charge in [0.15, 0.2) is 5.12 Å². The zero-order valence-corrected chi connectivity index (χ0v) is 15.5. The molecule has 130 valence electrons. The third-order valence-electron chi connectivity index (χ3n) is 3.87. The first-order valence-electron chi connectivity index (χ1n) is 8.54. The van der Waals surface area contributed by atoms with E-state index in [0.29, 0.717) is 5.75 Å². The maximum atomic E-state index is 11.0. The van der Waals surface area contributed by atoms with Crippen LogP contribution in [0.25, 0.3) is 6.08 Å². The fourth-order valence-electron chi connectivity index (χ4n) is 2.69. The highest BCUT2D eigenvalue weighted by atomic mass is 32.2. The number of anilines is 3. The Hall–Kier alpha value is -2.78. The molecule has 0 aliphatic heterocycles. The van der Waals surface area contributed by atoms with Crippen LogP contribution in [-0.2, 0) is 4.79 Å². The summed E-state index contributed by atoms with van der Waals surface area (Å²) in [6.07, 6.45) is 4.07. The summed E-state index contributed by atoms with van der Waals surface area (Å²) in [5.74, 6) is 0.706. The highest BCUT2D eigenvalue weighted by molar-refractivity contribution is 8.13. The smallest absolute Gasteiger partial charge is 0.186 e. The summed E-state index contributed by atoms with van der Waals surface area (Å²) >= 11 is 1.32. The Morgan fingerprint density at radius 3 is 1.81 bits per heavy atom. The SMILES string of the molecule is CC(=O)SCC=Cc1ccc(N(c2ccccc2)c2ccccc2)cc1. The average molecular weight is 359 g/mol. The minimum Gasteiger partial charge on any atom is -0.311 e. The quantitative estimate of drug-likeness (QED) is 0.504. The zero-order valence-electron chi connectivity index (χ0n) is 14.7. The molecule has 0 heterocycles. The summed E-state index contributed by atoms with van der Waals surface area (Å²) in [7, 11) is 0. The Labute approximate surface area is 159 Å². The maximum absolute atomic E-state index is 11.0. The molecule has 0 aromatic heterocycles. The number of thioether (sulfide) groups is 1. The van der Waals surface area contributed by atoms with Gasteiger partial charge in [0.05, 0.1) is 0 Å². The van der Waals surface area contributed by atoms with E-state index in [1.54, 1.807) is 6.92 Å². The van der Waals surface area contributed by atoms with Crippen molar-refractivity contribution in [2.75, 3.05) is 10.7 Å². The van der Waals surface area contributed by atoms with E-state index in [0.717, 1.165) is 22.6 Å². The van der Waals surface area contributed by atoms with E-state index >= 15 is 0 Å². The van der Waals surface area contributed by atoms with Crippen LogP contribution >= 0.6 is 11.8 Å². The van der Waals surface area contributed by atoms with Crippen molar-refractivity contribution in [3.05, 3.63) is 96.6 Å². The highest BCUT2D eigenvalue weighted by Gasteiger charge is 2.11. The molecule has 26 heavy (non-hydrogen) atoms. The minimum absolute atomic E-state index is 0.145. The lowest BCUT2D eigenvalue weighted by Crippen LogP contribution is -2.09. The van der Waals surface area contributed by atoms with Crippen LogP contribution < -0.4 is 4.90 Å². The van der Waals surface area contributed by atoms with Crippen molar-refractivity contribution in [3.63, 3.8) is 0 Å². The molecular formula is C23H21NOS. The van der Waals surface area contributed by atoms with E-state index in [4.69, 9.17) is 0 Å². The summed E-state index contributed by atoms with van der Waals surface area (Å²) < 4.78 is 0. The van der Waals surface area contributed by atoms with Crippen LogP contribution in [0.5, 0.6) is 0 Å². The van der Waals surface area contributed by atoms with E-state index in [1.807, 2.05) is 18.2 Å². The van der Waals surface area contributed by atoms with Gasteiger partial charge in [-0.2, -0.15) is 0 Å². The van der Waals surface area contributed by atoms with Gasteiger partial charge in [0.2, 0.25) is 0 Å². The van der Waals surface area contributed by atoms with Crippen molar-refractivity contribution >= 4 is 40.0 Å². The van der Waals surface area contributed by atoms with Gasteiger partial charge in [0.25, 0.3) is 0 Å².